The highest BCUT2D eigenvalue weighted by Gasteiger charge is 2.33. The van der Waals surface area contributed by atoms with Crippen LogP contribution < -0.4 is 9.80 Å². The van der Waals surface area contributed by atoms with Gasteiger partial charge in [0.1, 0.15) is 5.76 Å². The van der Waals surface area contributed by atoms with Crippen molar-refractivity contribution in [1.29, 1.82) is 0 Å². The fraction of sp³-hybridized carbons (Fsp3) is 0.312. The minimum Gasteiger partial charge on any atom is -0.467 e. The van der Waals surface area contributed by atoms with Gasteiger partial charge in [-0.2, -0.15) is 0 Å². The number of amides is 1. The van der Waals surface area contributed by atoms with E-state index in [9.17, 15) is 9.90 Å². The van der Waals surface area contributed by atoms with Crippen molar-refractivity contribution in [2.75, 3.05) is 23.4 Å². The molecule has 3 rings (SSSR count). The smallest absolute Gasteiger partial charge is 0.260 e. The monoisotopic (exact) mass is 286 g/mol. The Bertz CT molecular complexity index is 652. The van der Waals surface area contributed by atoms with Crippen molar-refractivity contribution in [3.63, 3.8) is 0 Å². The van der Waals surface area contributed by atoms with Crippen molar-refractivity contribution >= 4 is 17.3 Å². The Hall–Kier alpha value is -2.27. The van der Waals surface area contributed by atoms with Crippen LogP contribution >= 0.6 is 0 Å². The van der Waals surface area contributed by atoms with Crippen LogP contribution in [0.4, 0.5) is 11.4 Å². The lowest BCUT2D eigenvalue weighted by atomic mass is 10.1. The quantitative estimate of drug-likeness (QED) is 0.937. The molecule has 0 spiro atoms. The third-order valence-electron chi connectivity index (χ3n) is 3.91. The van der Waals surface area contributed by atoms with Crippen LogP contribution in [0.3, 0.4) is 0 Å². The topological polar surface area (TPSA) is 56.9 Å². The lowest BCUT2D eigenvalue weighted by Crippen LogP contribution is -2.24. The van der Waals surface area contributed by atoms with Gasteiger partial charge in [0.25, 0.3) is 5.91 Å². The number of fused-ring (bicyclic) bond motifs is 1. The van der Waals surface area contributed by atoms with E-state index in [0.29, 0.717) is 12.1 Å². The SMILES string of the molecule is CCN(Cc1ccco1)c1ccc2c(c1)N(C)C(=O)C2O. The number of carbonyl (C=O) groups excluding carboxylic acids is 1. The summed E-state index contributed by atoms with van der Waals surface area (Å²) >= 11 is 0. The third kappa shape index (κ3) is 2.29. The van der Waals surface area contributed by atoms with Gasteiger partial charge in [-0.1, -0.05) is 6.07 Å². The van der Waals surface area contributed by atoms with E-state index in [2.05, 4.69) is 11.8 Å². The Kier molecular flexibility index (Phi) is 3.43. The Morgan fingerprint density at radius 1 is 1.38 bits per heavy atom. The Balaban J connectivity index is 1.91. The number of anilines is 2. The van der Waals surface area contributed by atoms with E-state index in [-0.39, 0.29) is 5.91 Å². The van der Waals surface area contributed by atoms with Gasteiger partial charge in [-0.05, 0) is 31.2 Å². The Morgan fingerprint density at radius 2 is 2.19 bits per heavy atom. The summed E-state index contributed by atoms with van der Waals surface area (Å²) in [4.78, 5) is 15.5. The highest BCUT2D eigenvalue weighted by molar-refractivity contribution is 6.03. The predicted molar refractivity (Wildman–Crippen MR) is 80.2 cm³/mol. The number of aliphatic hydroxyl groups is 1. The highest BCUT2D eigenvalue weighted by atomic mass is 16.3. The summed E-state index contributed by atoms with van der Waals surface area (Å²) in [7, 11) is 1.68. The minimum absolute atomic E-state index is 0.281. The zero-order valence-corrected chi connectivity index (χ0v) is 12.1. The summed E-state index contributed by atoms with van der Waals surface area (Å²) in [6.45, 7) is 3.56. The highest BCUT2D eigenvalue weighted by Crippen LogP contribution is 2.37. The van der Waals surface area contributed by atoms with Crippen LogP contribution in [-0.4, -0.2) is 24.6 Å². The van der Waals surface area contributed by atoms with Crippen LogP contribution in [0.1, 0.15) is 24.4 Å². The van der Waals surface area contributed by atoms with Gasteiger partial charge in [0.05, 0.1) is 18.5 Å². The zero-order valence-electron chi connectivity index (χ0n) is 12.1. The van der Waals surface area contributed by atoms with Crippen LogP contribution in [0.5, 0.6) is 0 Å². The van der Waals surface area contributed by atoms with Gasteiger partial charge in [-0.25, -0.2) is 0 Å². The largest absolute Gasteiger partial charge is 0.467 e. The molecule has 0 bridgehead atoms. The van der Waals surface area contributed by atoms with Crippen molar-refractivity contribution in [3.05, 3.63) is 47.9 Å². The van der Waals surface area contributed by atoms with Gasteiger partial charge in [0.15, 0.2) is 6.10 Å². The van der Waals surface area contributed by atoms with Gasteiger partial charge in [-0.15, -0.1) is 0 Å². The molecule has 0 saturated heterocycles. The van der Waals surface area contributed by atoms with E-state index in [4.69, 9.17) is 4.42 Å². The van der Waals surface area contributed by atoms with Crippen LogP contribution in [0.15, 0.2) is 41.0 Å². The molecule has 1 amide bonds. The molecule has 1 atom stereocenters. The second-order valence-electron chi connectivity index (χ2n) is 5.14. The lowest BCUT2D eigenvalue weighted by Gasteiger charge is -2.23. The second kappa shape index (κ2) is 5.26. The van der Waals surface area contributed by atoms with Crippen molar-refractivity contribution in [2.45, 2.75) is 19.6 Å². The van der Waals surface area contributed by atoms with Crippen LogP contribution in [0.2, 0.25) is 0 Å². The average Bonchev–Trinajstić information content (AvgIpc) is 3.09. The van der Waals surface area contributed by atoms with Gasteiger partial charge < -0.3 is 19.3 Å². The fourth-order valence-corrected chi connectivity index (χ4v) is 2.66. The first-order valence-electron chi connectivity index (χ1n) is 6.98. The van der Waals surface area contributed by atoms with Gasteiger partial charge in [-0.3, -0.25) is 4.79 Å². The van der Waals surface area contributed by atoms with Gasteiger partial charge >= 0.3 is 0 Å². The number of benzene rings is 1. The molecule has 1 N–H and O–H groups in total. The molecule has 110 valence electrons. The number of likely N-dealkylation sites (N-methyl/N-ethyl adjacent to an activating group) is 1. The van der Waals surface area contributed by atoms with E-state index in [1.54, 1.807) is 13.3 Å². The van der Waals surface area contributed by atoms with Crippen molar-refractivity contribution in [1.82, 2.24) is 0 Å². The van der Waals surface area contributed by atoms with Gasteiger partial charge in [0.2, 0.25) is 0 Å². The Morgan fingerprint density at radius 3 is 2.86 bits per heavy atom. The van der Waals surface area contributed by atoms with E-state index in [1.165, 1.54) is 4.90 Å². The van der Waals surface area contributed by atoms with Crippen LogP contribution in [0, 0.1) is 0 Å². The number of hydrogen-bond acceptors (Lipinski definition) is 4. The van der Waals surface area contributed by atoms with Crippen molar-refractivity contribution in [2.24, 2.45) is 0 Å². The first-order chi connectivity index (χ1) is 10.1. The van der Waals surface area contributed by atoms with E-state index in [1.807, 2.05) is 30.3 Å². The molecular weight excluding hydrogens is 268 g/mol. The fourth-order valence-electron chi connectivity index (χ4n) is 2.66. The van der Waals surface area contributed by atoms with Crippen molar-refractivity contribution < 1.29 is 14.3 Å². The molecule has 1 aliphatic rings. The summed E-state index contributed by atoms with van der Waals surface area (Å²) in [5, 5.41) is 9.89. The van der Waals surface area contributed by atoms with Crippen LogP contribution in [-0.2, 0) is 11.3 Å². The maximum absolute atomic E-state index is 11.8. The lowest BCUT2D eigenvalue weighted by molar-refractivity contribution is -0.125. The predicted octanol–water partition coefficient (Wildman–Crippen LogP) is 2.32. The molecule has 0 aliphatic carbocycles. The summed E-state index contributed by atoms with van der Waals surface area (Å²) in [5.74, 6) is 0.609. The number of hydrogen-bond donors (Lipinski definition) is 1. The second-order valence-corrected chi connectivity index (χ2v) is 5.14. The molecule has 0 fully saturated rings. The van der Waals surface area contributed by atoms with E-state index < -0.39 is 6.10 Å². The summed E-state index contributed by atoms with van der Waals surface area (Å²) in [6, 6.07) is 9.50. The molecule has 5 nitrogen and oxygen atoms in total. The molecule has 21 heavy (non-hydrogen) atoms. The molecule has 1 aliphatic heterocycles. The number of furan rings is 1. The molecule has 2 heterocycles. The molecule has 1 aromatic heterocycles. The van der Waals surface area contributed by atoms with Crippen LogP contribution in [0.25, 0.3) is 0 Å². The third-order valence-corrected chi connectivity index (χ3v) is 3.91. The summed E-state index contributed by atoms with van der Waals surface area (Å²) < 4.78 is 5.39. The summed E-state index contributed by atoms with van der Waals surface area (Å²) in [5.41, 5.74) is 2.43. The average molecular weight is 286 g/mol. The molecule has 5 heteroatoms. The number of rotatable bonds is 4. The molecule has 0 saturated carbocycles. The number of carbonyl (C=O) groups is 1. The summed E-state index contributed by atoms with van der Waals surface area (Å²) in [6.07, 6.45) is 0.619. The zero-order chi connectivity index (χ0) is 15.0. The molecule has 0 radical (unpaired) electrons. The van der Waals surface area contributed by atoms with E-state index >= 15 is 0 Å². The molecule has 1 aromatic carbocycles. The first kappa shape index (κ1) is 13.7. The molecule has 2 aromatic rings. The number of nitrogens with zero attached hydrogens (tertiary/aromatic N) is 2. The first-order valence-corrected chi connectivity index (χ1v) is 6.98. The standard InChI is InChI=1S/C16H18N2O3/c1-3-18(10-12-5-4-8-21-12)11-6-7-13-14(9-11)17(2)16(20)15(13)19/h4-9,15,19H,3,10H2,1-2H3. The molecule has 1 unspecified atom stereocenters. The Labute approximate surface area is 123 Å². The van der Waals surface area contributed by atoms with Crippen molar-refractivity contribution in [3.8, 4) is 0 Å². The maximum Gasteiger partial charge on any atom is 0.260 e. The minimum atomic E-state index is -1.04. The normalized spacial score (nSPS) is 17.2. The van der Waals surface area contributed by atoms with E-state index in [0.717, 1.165) is 23.7 Å². The van der Waals surface area contributed by atoms with Gasteiger partial charge in [0, 0.05) is 24.8 Å². The molecular formula is C16H18N2O3. The number of aliphatic hydroxyl groups excluding tert-OH is 1. The maximum atomic E-state index is 11.8.